The zero-order valence-electron chi connectivity index (χ0n) is 12.5. The Bertz CT molecular complexity index is 502. The SMILES string of the molecule is Cc1nn(C)cc1NC(=O)NC(CC(=O)O)C(C)(C)C. The van der Waals surface area contributed by atoms with Crippen molar-refractivity contribution in [2.45, 2.75) is 40.2 Å². The second-order valence-electron chi connectivity index (χ2n) is 5.92. The molecule has 0 saturated carbocycles. The molecular weight excluding hydrogens is 260 g/mol. The lowest BCUT2D eigenvalue weighted by Gasteiger charge is -2.30. The minimum Gasteiger partial charge on any atom is -0.481 e. The van der Waals surface area contributed by atoms with Gasteiger partial charge in [0.2, 0.25) is 0 Å². The molecule has 0 bridgehead atoms. The average molecular weight is 282 g/mol. The van der Waals surface area contributed by atoms with Gasteiger partial charge in [0, 0.05) is 19.3 Å². The number of aliphatic carboxylic acids is 1. The lowest BCUT2D eigenvalue weighted by molar-refractivity contribution is -0.138. The molecule has 1 unspecified atom stereocenters. The second kappa shape index (κ2) is 5.94. The summed E-state index contributed by atoms with van der Waals surface area (Å²) < 4.78 is 1.60. The van der Waals surface area contributed by atoms with Crippen LogP contribution >= 0.6 is 0 Å². The molecule has 0 fully saturated rings. The number of carbonyl (C=O) groups is 2. The molecule has 0 aliphatic heterocycles. The van der Waals surface area contributed by atoms with Crippen molar-refractivity contribution >= 4 is 17.7 Å². The zero-order valence-corrected chi connectivity index (χ0v) is 12.5. The van der Waals surface area contributed by atoms with E-state index in [0.29, 0.717) is 11.4 Å². The average Bonchev–Trinajstić information content (AvgIpc) is 2.54. The number of carboxylic acids is 1. The van der Waals surface area contributed by atoms with Gasteiger partial charge in [-0.25, -0.2) is 4.79 Å². The topological polar surface area (TPSA) is 96.3 Å². The van der Waals surface area contributed by atoms with E-state index in [1.807, 2.05) is 20.8 Å². The van der Waals surface area contributed by atoms with Crippen molar-refractivity contribution in [3.8, 4) is 0 Å². The number of hydrogen-bond donors (Lipinski definition) is 3. The number of aryl methyl sites for hydroxylation is 2. The van der Waals surface area contributed by atoms with E-state index in [1.165, 1.54) is 0 Å². The number of amides is 2. The molecule has 0 spiro atoms. The highest BCUT2D eigenvalue weighted by atomic mass is 16.4. The van der Waals surface area contributed by atoms with Crippen molar-refractivity contribution in [1.29, 1.82) is 0 Å². The quantitative estimate of drug-likeness (QED) is 0.783. The van der Waals surface area contributed by atoms with E-state index in [-0.39, 0.29) is 11.8 Å². The molecule has 1 rings (SSSR count). The van der Waals surface area contributed by atoms with Gasteiger partial charge in [0.1, 0.15) is 0 Å². The van der Waals surface area contributed by atoms with Gasteiger partial charge in [0.25, 0.3) is 0 Å². The van der Waals surface area contributed by atoms with Gasteiger partial charge in [-0.1, -0.05) is 20.8 Å². The molecule has 0 aliphatic carbocycles. The number of rotatable bonds is 4. The number of nitrogens with zero attached hydrogens (tertiary/aromatic N) is 2. The number of nitrogens with one attached hydrogen (secondary N) is 2. The molecule has 7 heteroatoms. The maximum absolute atomic E-state index is 12.0. The summed E-state index contributed by atoms with van der Waals surface area (Å²) in [5.41, 5.74) is 0.959. The Labute approximate surface area is 118 Å². The fourth-order valence-electron chi connectivity index (χ4n) is 1.79. The monoisotopic (exact) mass is 282 g/mol. The highest BCUT2D eigenvalue weighted by Crippen LogP contribution is 2.22. The number of aromatic nitrogens is 2. The largest absolute Gasteiger partial charge is 0.481 e. The van der Waals surface area contributed by atoms with Crippen molar-refractivity contribution in [1.82, 2.24) is 15.1 Å². The Balaban J connectivity index is 2.71. The zero-order chi connectivity index (χ0) is 15.5. The van der Waals surface area contributed by atoms with Gasteiger partial charge in [0.05, 0.1) is 17.8 Å². The van der Waals surface area contributed by atoms with Crippen molar-refractivity contribution in [3.05, 3.63) is 11.9 Å². The van der Waals surface area contributed by atoms with Gasteiger partial charge >= 0.3 is 12.0 Å². The van der Waals surface area contributed by atoms with Crippen LogP contribution in [0, 0.1) is 12.3 Å². The van der Waals surface area contributed by atoms with E-state index in [4.69, 9.17) is 5.11 Å². The Morgan fingerprint density at radius 1 is 1.45 bits per heavy atom. The van der Waals surface area contributed by atoms with E-state index in [9.17, 15) is 9.59 Å². The fraction of sp³-hybridized carbons (Fsp3) is 0.615. The summed E-state index contributed by atoms with van der Waals surface area (Å²) >= 11 is 0. The summed E-state index contributed by atoms with van der Waals surface area (Å²) in [4.78, 5) is 22.8. The summed E-state index contributed by atoms with van der Waals surface area (Å²) in [6.07, 6.45) is 1.57. The van der Waals surface area contributed by atoms with Crippen molar-refractivity contribution in [2.75, 3.05) is 5.32 Å². The van der Waals surface area contributed by atoms with Gasteiger partial charge in [-0.05, 0) is 12.3 Å². The first-order chi connectivity index (χ1) is 9.09. The van der Waals surface area contributed by atoms with Crippen LogP contribution in [0.2, 0.25) is 0 Å². The number of carbonyl (C=O) groups excluding carboxylic acids is 1. The molecule has 1 aromatic rings. The molecular formula is C13H22N4O3. The molecule has 0 aromatic carbocycles. The minimum atomic E-state index is -0.942. The highest BCUT2D eigenvalue weighted by Gasteiger charge is 2.28. The Morgan fingerprint density at radius 2 is 2.05 bits per heavy atom. The van der Waals surface area contributed by atoms with Crippen LogP contribution in [0.1, 0.15) is 32.9 Å². The van der Waals surface area contributed by atoms with E-state index in [1.54, 1.807) is 24.9 Å². The second-order valence-corrected chi connectivity index (χ2v) is 5.92. The number of hydrogen-bond acceptors (Lipinski definition) is 3. The van der Waals surface area contributed by atoms with Crippen LogP contribution in [0.5, 0.6) is 0 Å². The molecule has 0 aliphatic rings. The Kier molecular flexibility index (Phi) is 4.75. The first-order valence-electron chi connectivity index (χ1n) is 6.39. The summed E-state index contributed by atoms with van der Waals surface area (Å²) in [7, 11) is 1.76. The maximum Gasteiger partial charge on any atom is 0.319 e. The van der Waals surface area contributed by atoms with Gasteiger partial charge < -0.3 is 15.7 Å². The Morgan fingerprint density at radius 3 is 2.45 bits per heavy atom. The first-order valence-corrected chi connectivity index (χ1v) is 6.39. The Hall–Kier alpha value is -2.05. The van der Waals surface area contributed by atoms with Crippen LogP contribution in [0.25, 0.3) is 0 Å². The summed E-state index contributed by atoms with van der Waals surface area (Å²) in [5, 5.41) is 18.4. The van der Waals surface area contributed by atoms with Crippen LogP contribution in [-0.2, 0) is 11.8 Å². The van der Waals surface area contributed by atoms with E-state index >= 15 is 0 Å². The number of carboxylic acid groups (broad SMARTS) is 1. The molecule has 112 valence electrons. The van der Waals surface area contributed by atoms with Crippen LogP contribution in [0.15, 0.2) is 6.20 Å². The van der Waals surface area contributed by atoms with Crippen LogP contribution in [0.4, 0.5) is 10.5 Å². The lowest BCUT2D eigenvalue weighted by Crippen LogP contribution is -2.46. The number of urea groups is 1. The maximum atomic E-state index is 12.0. The predicted molar refractivity (Wildman–Crippen MR) is 75.6 cm³/mol. The lowest BCUT2D eigenvalue weighted by atomic mass is 9.85. The summed E-state index contributed by atoms with van der Waals surface area (Å²) in [6.45, 7) is 7.44. The molecule has 0 saturated heterocycles. The fourth-order valence-corrected chi connectivity index (χ4v) is 1.79. The van der Waals surface area contributed by atoms with Crippen LogP contribution < -0.4 is 10.6 Å². The normalized spacial score (nSPS) is 12.8. The predicted octanol–water partition coefficient (Wildman–Crippen LogP) is 1.74. The molecule has 3 N–H and O–H groups in total. The van der Waals surface area contributed by atoms with Gasteiger partial charge in [0.15, 0.2) is 0 Å². The molecule has 1 atom stereocenters. The van der Waals surface area contributed by atoms with Gasteiger partial charge in [-0.15, -0.1) is 0 Å². The first kappa shape index (κ1) is 16.0. The third kappa shape index (κ3) is 4.56. The smallest absolute Gasteiger partial charge is 0.319 e. The van der Waals surface area contributed by atoms with E-state index < -0.39 is 18.0 Å². The van der Waals surface area contributed by atoms with Crippen molar-refractivity contribution in [2.24, 2.45) is 12.5 Å². The number of anilines is 1. The van der Waals surface area contributed by atoms with E-state index in [2.05, 4.69) is 15.7 Å². The van der Waals surface area contributed by atoms with Crippen LogP contribution in [-0.4, -0.2) is 32.9 Å². The standard InChI is InChI=1S/C13H22N4O3/c1-8-9(7-17(5)16-8)14-12(20)15-10(6-11(18)19)13(2,3)4/h7,10H,6H2,1-5H3,(H,18,19)(H2,14,15,20). The third-order valence-electron chi connectivity index (χ3n) is 2.99. The molecule has 7 nitrogen and oxygen atoms in total. The van der Waals surface area contributed by atoms with Crippen LogP contribution in [0.3, 0.4) is 0 Å². The molecule has 1 aromatic heterocycles. The molecule has 2 amide bonds. The summed E-state index contributed by atoms with van der Waals surface area (Å²) in [5.74, 6) is -0.942. The highest BCUT2D eigenvalue weighted by molar-refractivity contribution is 5.90. The van der Waals surface area contributed by atoms with Crippen molar-refractivity contribution in [3.63, 3.8) is 0 Å². The molecule has 0 radical (unpaired) electrons. The minimum absolute atomic E-state index is 0.122. The summed E-state index contributed by atoms with van der Waals surface area (Å²) in [6, 6.07) is -0.890. The molecule has 20 heavy (non-hydrogen) atoms. The van der Waals surface area contributed by atoms with Gasteiger partial charge in [-0.2, -0.15) is 5.10 Å². The van der Waals surface area contributed by atoms with Crippen molar-refractivity contribution < 1.29 is 14.7 Å². The van der Waals surface area contributed by atoms with Gasteiger partial charge in [-0.3, -0.25) is 9.48 Å². The third-order valence-corrected chi connectivity index (χ3v) is 2.99. The molecule has 1 heterocycles. The van der Waals surface area contributed by atoms with E-state index in [0.717, 1.165) is 0 Å².